The summed E-state index contributed by atoms with van der Waals surface area (Å²) in [5.41, 5.74) is 3.25. The normalized spacial score (nSPS) is 19.7. The van der Waals surface area contributed by atoms with Gasteiger partial charge in [0.25, 0.3) is 0 Å². The zero-order valence-corrected chi connectivity index (χ0v) is 15.2. The van der Waals surface area contributed by atoms with E-state index in [2.05, 4.69) is 5.32 Å². The van der Waals surface area contributed by atoms with Crippen molar-refractivity contribution in [2.75, 3.05) is 10.2 Å². The van der Waals surface area contributed by atoms with E-state index in [0.29, 0.717) is 17.8 Å². The number of aryl methyl sites for hydroxylation is 1. The summed E-state index contributed by atoms with van der Waals surface area (Å²) in [6.07, 6.45) is 0.536. The first-order chi connectivity index (χ1) is 12.4. The van der Waals surface area contributed by atoms with Crippen LogP contribution in [0.25, 0.3) is 0 Å². The fourth-order valence-corrected chi connectivity index (χ4v) is 3.29. The fraction of sp³-hybridized carbons (Fsp3) is 0.286. The molecule has 1 heterocycles. The minimum absolute atomic E-state index is 0.192. The van der Waals surface area contributed by atoms with Gasteiger partial charge in [0.15, 0.2) is 0 Å². The second kappa shape index (κ2) is 7.12. The minimum atomic E-state index is -0.381. The van der Waals surface area contributed by atoms with Crippen molar-refractivity contribution in [2.24, 2.45) is 11.8 Å². The minimum Gasteiger partial charge on any atom is -0.326 e. The average molecular weight is 350 g/mol. The van der Waals surface area contributed by atoms with Crippen molar-refractivity contribution in [1.82, 2.24) is 0 Å². The molecule has 0 bridgehead atoms. The Kier molecular flexibility index (Phi) is 4.89. The maximum absolute atomic E-state index is 12.9. The van der Waals surface area contributed by atoms with E-state index in [0.717, 1.165) is 11.1 Å². The molecule has 1 fully saturated rings. The van der Waals surface area contributed by atoms with Gasteiger partial charge >= 0.3 is 0 Å². The first-order valence-corrected chi connectivity index (χ1v) is 8.68. The zero-order valence-electron chi connectivity index (χ0n) is 15.2. The van der Waals surface area contributed by atoms with Gasteiger partial charge in [-0.3, -0.25) is 14.4 Å². The topological polar surface area (TPSA) is 66.5 Å². The van der Waals surface area contributed by atoms with Gasteiger partial charge in [-0.1, -0.05) is 42.8 Å². The van der Waals surface area contributed by atoms with Gasteiger partial charge in [-0.15, -0.1) is 0 Å². The Balaban J connectivity index is 1.85. The van der Waals surface area contributed by atoms with Crippen molar-refractivity contribution in [3.05, 3.63) is 59.7 Å². The Morgan fingerprint density at radius 1 is 1.08 bits per heavy atom. The first-order valence-electron chi connectivity index (χ1n) is 8.68. The lowest BCUT2D eigenvalue weighted by Gasteiger charge is -2.16. The van der Waals surface area contributed by atoms with Gasteiger partial charge in [-0.25, -0.2) is 4.90 Å². The Labute approximate surface area is 153 Å². The van der Waals surface area contributed by atoms with Crippen LogP contribution in [-0.4, -0.2) is 17.7 Å². The maximum atomic E-state index is 12.9. The van der Waals surface area contributed by atoms with Crippen LogP contribution in [0.1, 0.15) is 25.0 Å². The number of hydrogen-bond acceptors (Lipinski definition) is 3. The van der Waals surface area contributed by atoms with Crippen LogP contribution >= 0.6 is 0 Å². The van der Waals surface area contributed by atoms with E-state index in [-0.39, 0.29) is 29.6 Å². The molecule has 1 saturated heterocycles. The highest BCUT2D eigenvalue weighted by molar-refractivity contribution is 6.22. The van der Waals surface area contributed by atoms with Gasteiger partial charge in [0.05, 0.1) is 11.6 Å². The zero-order chi connectivity index (χ0) is 18.8. The molecule has 0 aromatic heterocycles. The van der Waals surface area contributed by atoms with Crippen molar-refractivity contribution < 1.29 is 14.4 Å². The molecule has 5 heteroatoms. The monoisotopic (exact) mass is 350 g/mol. The highest BCUT2D eigenvalue weighted by Crippen LogP contribution is 2.34. The molecule has 1 aliphatic heterocycles. The summed E-state index contributed by atoms with van der Waals surface area (Å²) < 4.78 is 0. The summed E-state index contributed by atoms with van der Waals surface area (Å²) in [4.78, 5) is 38.2. The number of rotatable bonds is 4. The second-order valence-corrected chi connectivity index (χ2v) is 6.83. The van der Waals surface area contributed by atoms with E-state index in [9.17, 15) is 14.4 Å². The lowest BCUT2D eigenvalue weighted by Crippen LogP contribution is -2.31. The van der Waals surface area contributed by atoms with Crippen LogP contribution in [0.15, 0.2) is 48.5 Å². The quantitative estimate of drug-likeness (QED) is 0.860. The molecule has 2 unspecified atom stereocenters. The number of nitrogens with one attached hydrogen (secondary N) is 1. The highest BCUT2D eigenvalue weighted by Gasteiger charge is 2.45. The van der Waals surface area contributed by atoms with E-state index in [1.165, 1.54) is 11.8 Å². The molecule has 0 aliphatic carbocycles. The number of imide groups is 1. The van der Waals surface area contributed by atoms with E-state index in [1.54, 1.807) is 31.2 Å². The molecule has 1 aliphatic rings. The third kappa shape index (κ3) is 3.52. The molecule has 5 nitrogen and oxygen atoms in total. The number of benzene rings is 2. The van der Waals surface area contributed by atoms with Gasteiger partial charge < -0.3 is 5.32 Å². The Morgan fingerprint density at radius 2 is 1.77 bits per heavy atom. The van der Waals surface area contributed by atoms with E-state index < -0.39 is 0 Å². The average Bonchev–Trinajstić information content (AvgIpc) is 2.80. The summed E-state index contributed by atoms with van der Waals surface area (Å²) in [5, 5.41) is 2.68. The number of hydrogen-bond donors (Lipinski definition) is 1. The lowest BCUT2D eigenvalue weighted by molar-refractivity contribution is -0.122. The smallest absolute Gasteiger partial charge is 0.238 e. The number of carbonyl (C=O) groups is 3. The standard InChI is InChI=1S/C21H22N2O3/c1-13-7-9-16(10-8-13)11-19-14(2)20(25)23(21(19)26)18-6-4-5-17(12-18)22-15(3)24/h4-10,12,14,19H,11H2,1-3H3,(H,22,24). The predicted molar refractivity (Wildman–Crippen MR) is 101 cm³/mol. The highest BCUT2D eigenvalue weighted by atomic mass is 16.2. The molecular formula is C21H22N2O3. The molecule has 3 rings (SSSR count). The van der Waals surface area contributed by atoms with Crippen LogP contribution in [0.4, 0.5) is 11.4 Å². The molecule has 1 N–H and O–H groups in total. The molecule has 26 heavy (non-hydrogen) atoms. The van der Waals surface area contributed by atoms with E-state index in [4.69, 9.17) is 0 Å². The Morgan fingerprint density at radius 3 is 2.42 bits per heavy atom. The summed E-state index contributed by atoms with van der Waals surface area (Å²) in [6.45, 7) is 5.23. The van der Waals surface area contributed by atoms with Crippen LogP contribution in [0.3, 0.4) is 0 Å². The number of carbonyl (C=O) groups excluding carboxylic acids is 3. The van der Waals surface area contributed by atoms with Gasteiger partial charge in [0.1, 0.15) is 0 Å². The molecule has 0 spiro atoms. The van der Waals surface area contributed by atoms with Crippen LogP contribution in [0.5, 0.6) is 0 Å². The lowest BCUT2D eigenvalue weighted by atomic mass is 9.90. The second-order valence-electron chi connectivity index (χ2n) is 6.83. The summed E-state index contributed by atoms with van der Waals surface area (Å²) in [5.74, 6) is -1.36. The van der Waals surface area contributed by atoms with Gasteiger partial charge in [0.2, 0.25) is 17.7 Å². The van der Waals surface area contributed by atoms with E-state index in [1.807, 2.05) is 31.2 Å². The van der Waals surface area contributed by atoms with Crippen LogP contribution in [0.2, 0.25) is 0 Å². The van der Waals surface area contributed by atoms with Gasteiger partial charge in [-0.2, -0.15) is 0 Å². The molecule has 3 amide bonds. The number of amides is 3. The first kappa shape index (κ1) is 17.9. The van der Waals surface area contributed by atoms with Gasteiger partial charge in [0, 0.05) is 18.5 Å². The van der Waals surface area contributed by atoms with Crippen molar-refractivity contribution in [1.29, 1.82) is 0 Å². The predicted octanol–water partition coefficient (Wildman–Crippen LogP) is 3.32. The molecule has 0 radical (unpaired) electrons. The van der Waals surface area contributed by atoms with Crippen molar-refractivity contribution in [3.63, 3.8) is 0 Å². The third-order valence-electron chi connectivity index (χ3n) is 4.75. The third-order valence-corrected chi connectivity index (χ3v) is 4.75. The molecule has 134 valence electrons. The van der Waals surface area contributed by atoms with Crippen molar-refractivity contribution in [3.8, 4) is 0 Å². The summed E-state index contributed by atoms with van der Waals surface area (Å²) in [6, 6.07) is 14.8. The summed E-state index contributed by atoms with van der Waals surface area (Å²) >= 11 is 0. The van der Waals surface area contributed by atoms with E-state index >= 15 is 0 Å². The van der Waals surface area contributed by atoms with Crippen LogP contribution in [0, 0.1) is 18.8 Å². The molecule has 2 aromatic carbocycles. The maximum Gasteiger partial charge on any atom is 0.238 e. The van der Waals surface area contributed by atoms with Crippen LogP contribution in [-0.2, 0) is 20.8 Å². The number of nitrogens with zero attached hydrogens (tertiary/aromatic N) is 1. The summed E-state index contributed by atoms with van der Waals surface area (Å²) in [7, 11) is 0. The molecule has 2 atom stereocenters. The number of anilines is 2. The van der Waals surface area contributed by atoms with Crippen molar-refractivity contribution >= 4 is 29.1 Å². The molecule has 2 aromatic rings. The molecule has 0 saturated carbocycles. The van der Waals surface area contributed by atoms with Gasteiger partial charge in [-0.05, 0) is 37.1 Å². The fourth-order valence-electron chi connectivity index (χ4n) is 3.29. The van der Waals surface area contributed by atoms with Crippen LogP contribution < -0.4 is 10.2 Å². The Bertz CT molecular complexity index is 858. The Hall–Kier alpha value is -2.95. The van der Waals surface area contributed by atoms with Crippen molar-refractivity contribution in [2.45, 2.75) is 27.2 Å². The largest absolute Gasteiger partial charge is 0.326 e. The molecular weight excluding hydrogens is 328 g/mol. The SMILES string of the molecule is CC(=O)Nc1cccc(N2C(=O)C(C)C(Cc3ccc(C)cc3)C2=O)c1.